The monoisotopic (exact) mass is 544 g/mol. The molecule has 0 spiro atoms. The summed E-state index contributed by atoms with van der Waals surface area (Å²) in [6, 6.07) is 0.0878. The standard InChI is InChI=1S/C20H29ClN6O2.C3H7NO.CH3Cl/c1-29-15-8-6-13(7-9-15)4-2-10-27-11-3-5-14(12-27)24-20(28)16-18(22)26-19(23)17(21)25-16;1-3(4)5-2;1-2/h6,8,14H,2-5,7,9-12H2,1H3,(H,24,28)(H4,22,23,26);4H,1-2H3;1H3/p+1. The third-order valence-electron chi connectivity index (χ3n) is 5.87. The number of ether oxygens (including phenoxy) is 2. The molecule has 12 heteroatoms. The Kier molecular flexibility index (Phi) is 14.9. The number of carbonyl (C=O) groups is 1. The van der Waals surface area contributed by atoms with Crippen LogP contribution in [0.25, 0.3) is 0 Å². The second-order valence-corrected chi connectivity index (χ2v) is 8.78. The van der Waals surface area contributed by atoms with Gasteiger partial charge in [-0.2, -0.15) is 0 Å². The molecule has 2 atom stereocenters. The van der Waals surface area contributed by atoms with Gasteiger partial charge in [0.1, 0.15) is 0 Å². The van der Waals surface area contributed by atoms with E-state index in [2.05, 4.69) is 43.8 Å². The Morgan fingerprint density at radius 2 is 1.92 bits per heavy atom. The second-order valence-electron chi connectivity index (χ2n) is 8.43. The van der Waals surface area contributed by atoms with Crippen LogP contribution in [-0.4, -0.2) is 68.1 Å². The van der Waals surface area contributed by atoms with Crippen molar-refractivity contribution in [3.05, 3.63) is 34.3 Å². The molecule has 0 bridgehead atoms. The van der Waals surface area contributed by atoms with E-state index in [0.717, 1.165) is 63.9 Å². The number of quaternary nitrogens is 1. The van der Waals surface area contributed by atoms with Gasteiger partial charge < -0.3 is 31.2 Å². The SMILES string of the molecule is CCl.COC(C)=N.COC1=CC=C(CCC[NH+]2CCCC(NC(=O)c3nc(Cl)c(N)nc3N)C2)CC1. The molecule has 202 valence electrons. The number of aromatic nitrogens is 2. The second kappa shape index (κ2) is 17.0. The number of likely N-dealkylation sites (tertiary alicyclic amines) is 1. The maximum absolute atomic E-state index is 12.6. The van der Waals surface area contributed by atoms with Gasteiger partial charge >= 0.3 is 0 Å². The number of nitrogens with one attached hydrogen (secondary N) is 3. The van der Waals surface area contributed by atoms with Crippen LogP contribution in [0.5, 0.6) is 0 Å². The fraction of sp³-hybridized carbons (Fsp3) is 0.583. The number of hydrogen-bond acceptors (Lipinski definition) is 8. The fourth-order valence-corrected chi connectivity index (χ4v) is 4.10. The smallest absolute Gasteiger partial charge is 0.274 e. The van der Waals surface area contributed by atoms with Crippen molar-refractivity contribution in [3.63, 3.8) is 0 Å². The molecule has 10 nitrogen and oxygen atoms in total. The molecule has 0 saturated carbocycles. The number of hydrogen-bond donors (Lipinski definition) is 5. The van der Waals surface area contributed by atoms with Gasteiger partial charge in [-0.05, 0) is 31.8 Å². The lowest BCUT2D eigenvalue weighted by Gasteiger charge is -2.30. The predicted molar refractivity (Wildman–Crippen MR) is 146 cm³/mol. The van der Waals surface area contributed by atoms with Gasteiger partial charge in [0.2, 0.25) is 0 Å². The number of nitrogens with two attached hydrogens (primary N) is 2. The van der Waals surface area contributed by atoms with Crippen molar-refractivity contribution in [3.8, 4) is 0 Å². The average molecular weight is 546 g/mol. The first-order valence-electron chi connectivity index (χ1n) is 11.9. The van der Waals surface area contributed by atoms with Crippen molar-refractivity contribution >= 4 is 46.6 Å². The molecule has 3 rings (SSSR count). The molecule has 2 heterocycles. The van der Waals surface area contributed by atoms with E-state index in [1.807, 2.05) is 0 Å². The summed E-state index contributed by atoms with van der Waals surface area (Å²) in [7, 11) is 3.20. The van der Waals surface area contributed by atoms with E-state index in [9.17, 15) is 4.79 Å². The van der Waals surface area contributed by atoms with Gasteiger partial charge in [-0.1, -0.05) is 23.3 Å². The van der Waals surface area contributed by atoms with E-state index in [1.54, 1.807) is 14.0 Å². The van der Waals surface area contributed by atoms with E-state index in [4.69, 9.17) is 33.2 Å². The van der Waals surface area contributed by atoms with Gasteiger partial charge in [0.25, 0.3) is 5.91 Å². The number of alkyl halides is 1. The molecule has 1 fully saturated rings. The molecule has 0 radical (unpaired) electrons. The van der Waals surface area contributed by atoms with Crippen molar-refractivity contribution < 1.29 is 19.2 Å². The largest absolute Gasteiger partial charge is 0.501 e. The molecule has 1 aromatic rings. The minimum Gasteiger partial charge on any atom is -0.501 e. The van der Waals surface area contributed by atoms with Crippen LogP contribution in [0.3, 0.4) is 0 Å². The maximum atomic E-state index is 12.6. The van der Waals surface area contributed by atoms with E-state index in [0.29, 0.717) is 0 Å². The predicted octanol–water partition coefficient (Wildman–Crippen LogP) is 2.59. The molecule has 2 aliphatic rings. The number of amides is 1. The molecular formula is C24H40Cl2N7O3+. The van der Waals surface area contributed by atoms with Crippen LogP contribution in [0.15, 0.2) is 23.5 Å². The summed E-state index contributed by atoms with van der Waals surface area (Å²) in [6.45, 7) is 4.71. The number of carbonyl (C=O) groups excluding carboxylic acids is 1. The molecule has 1 amide bonds. The summed E-state index contributed by atoms with van der Waals surface area (Å²) < 4.78 is 9.62. The molecule has 1 aromatic heterocycles. The zero-order chi connectivity index (χ0) is 27.1. The highest BCUT2D eigenvalue weighted by atomic mass is 35.5. The van der Waals surface area contributed by atoms with E-state index in [-0.39, 0.29) is 40.3 Å². The summed E-state index contributed by atoms with van der Waals surface area (Å²) in [5.41, 5.74) is 12.9. The number of allylic oxidation sites excluding steroid dienone is 4. The Labute approximate surface area is 223 Å². The normalized spacial score (nSPS) is 18.7. The van der Waals surface area contributed by atoms with E-state index in [1.165, 1.54) is 24.0 Å². The van der Waals surface area contributed by atoms with Crippen molar-refractivity contribution in [1.29, 1.82) is 5.41 Å². The Balaban J connectivity index is 0.000000826. The maximum Gasteiger partial charge on any atom is 0.274 e. The Morgan fingerprint density at radius 1 is 1.22 bits per heavy atom. The van der Waals surface area contributed by atoms with E-state index < -0.39 is 0 Å². The van der Waals surface area contributed by atoms with Crippen LogP contribution in [0, 0.1) is 5.41 Å². The van der Waals surface area contributed by atoms with Crippen LogP contribution >= 0.6 is 23.2 Å². The number of nitrogens with zero attached hydrogens (tertiary/aromatic N) is 2. The Morgan fingerprint density at radius 3 is 2.50 bits per heavy atom. The summed E-state index contributed by atoms with van der Waals surface area (Å²) in [4.78, 5) is 21.9. The first-order chi connectivity index (χ1) is 17.2. The van der Waals surface area contributed by atoms with Gasteiger partial charge in [0.05, 0.1) is 45.7 Å². The molecular weight excluding hydrogens is 505 g/mol. The fourth-order valence-electron chi connectivity index (χ4n) is 3.97. The minimum atomic E-state index is -0.351. The quantitative estimate of drug-likeness (QED) is 0.201. The first kappa shape index (κ1) is 31.5. The lowest BCUT2D eigenvalue weighted by atomic mass is 9.98. The van der Waals surface area contributed by atoms with Crippen molar-refractivity contribution in [2.75, 3.05) is 51.7 Å². The van der Waals surface area contributed by atoms with Gasteiger partial charge in [0.15, 0.2) is 28.4 Å². The van der Waals surface area contributed by atoms with Gasteiger partial charge in [-0.3, -0.25) is 10.2 Å². The molecule has 36 heavy (non-hydrogen) atoms. The highest BCUT2D eigenvalue weighted by molar-refractivity contribution is 6.31. The third kappa shape index (κ3) is 11.0. The first-order valence-corrected chi connectivity index (χ1v) is 13.0. The zero-order valence-corrected chi connectivity index (χ0v) is 23.1. The molecule has 0 aromatic carbocycles. The summed E-state index contributed by atoms with van der Waals surface area (Å²) >= 11 is 10.5. The number of rotatable bonds is 7. The average Bonchev–Trinajstić information content (AvgIpc) is 2.88. The zero-order valence-electron chi connectivity index (χ0n) is 21.6. The highest BCUT2D eigenvalue weighted by Crippen LogP contribution is 2.21. The van der Waals surface area contributed by atoms with Crippen molar-refractivity contribution in [2.45, 2.75) is 51.5 Å². The van der Waals surface area contributed by atoms with Crippen LogP contribution in [0.4, 0.5) is 11.6 Å². The number of methoxy groups -OCH3 is 2. The van der Waals surface area contributed by atoms with Crippen LogP contribution in [-0.2, 0) is 9.47 Å². The van der Waals surface area contributed by atoms with E-state index >= 15 is 0 Å². The number of anilines is 2. The van der Waals surface area contributed by atoms with Crippen molar-refractivity contribution in [1.82, 2.24) is 15.3 Å². The van der Waals surface area contributed by atoms with Gasteiger partial charge in [0, 0.05) is 26.1 Å². The number of nitrogen functional groups attached to an aromatic ring is 2. The molecule has 7 N–H and O–H groups in total. The van der Waals surface area contributed by atoms with Crippen LogP contribution < -0.4 is 21.7 Å². The van der Waals surface area contributed by atoms with Gasteiger partial charge in [-0.25, -0.2) is 9.97 Å². The Bertz CT molecular complexity index is 925. The van der Waals surface area contributed by atoms with Gasteiger partial charge in [-0.15, -0.1) is 11.6 Å². The summed E-state index contributed by atoms with van der Waals surface area (Å²) in [5, 5.41) is 9.54. The Hall–Kier alpha value is -2.56. The number of piperidine rings is 1. The van der Waals surface area contributed by atoms with Crippen molar-refractivity contribution in [2.24, 2.45) is 0 Å². The molecule has 1 aliphatic carbocycles. The lowest BCUT2D eigenvalue weighted by molar-refractivity contribution is -0.906. The topological polar surface area (TPSA) is 154 Å². The van der Waals surface area contributed by atoms with Crippen LogP contribution in [0.1, 0.15) is 55.9 Å². The lowest BCUT2D eigenvalue weighted by Crippen LogP contribution is -3.14. The minimum absolute atomic E-state index is 0.00384. The summed E-state index contributed by atoms with van der Waals surface area (Å²) in [6.07, 6.45) is 12.1. The number of halogens is 2. The summed E-state index contributed by atoms with van der Waals surface area (Å²) in [5.74, 6) is 0.981. The highest BCUT2D eigenvalue weighted by Gasteiger charge is 2.26. The molecule has 1 saturated heterocycles. The third-order valence-corrected chi connectivity index (χ3v) is 6.15. The molecule has 1 aliphatic heterocycles. The molecule has 2 unspecified atom stereocenters. The van der Waals surface area contributed by atoms with Crippen LogP contribution in [0.2, 0.25) is 5.15 Å².